The number of halogens is 2. The molecule has 8 heterocycles. The van der Waals surface area contributed by atoms with Crippen molar-refractivity contribution < 1.29 is 8.78 Å². The molecule has 0 saturated carbocycles. The van der Waals surface area contributed by atoms with Crippen LogP contribution in [0, 0.1) is 11.6 Å². The van der Waals surface area contributed by atoms with Crippen molar-refractivity contribution in [2.45, 2.75) is 0 Å². The van der Waals surface area contributed by atoms with Crippen LogP contribution in [0.5, 0.6) is 0 Å². The minimum absolute atomic E-state index is 0.338. The van der Waals surface area contributed by atoms with Gasteiger partial charge >= 0.3 is 0 Å². The molecule has 0 aliphatic rings. The third-order valence-corrected chi connectivity index (χ3v) is 6.90. The maximum absolute atomic E-state index is 13.5. The van der Waals surface area contributed by atoms with Crippen LogP contribution in [0.25, 0.3) is 66.4 Å². The number of hydrogen-bond acceptors (Lipinski definition) is 6. The topological polar surface area (TPSA) is 98.1 Å². The van der Waals surface area contributed by atoms with E-state index in [1.807, 2.05) is 48.0 Å². The Balaban J connectivity index is 0.000000135. The smallest absolute Gasteiger partial charge is 0.142 e. The van der Waals surface area contributed by atoms with Crippen LogP contribution in [0.4, 0.5) is 8.78 Å². The summed E-state index contributed by atoms with van der Waals surface area (Å²) < 4.78 is 28.8. The zero-order chi connectivity index (χ0) is 27.9. The number of nitrogens with zero attached hydrogens (tertiary/aromatic N) is 7. The fourth-order valence-electron chi connectivity index (χ4n) is 4.94. The maximum Gasteiger partial charge on any atom is 0.142 e. The molecule has 0 spiro atoms. The van der Waals surface area contributed by atoms with Gasteiger partial charge in [0.15, 0.2) is 0 Å². The molecule has 8 nitrogen and oxygen atoms in total. The Morgan fingerprint density at radius 3 is 1.95 bits per heavy atom. The number of pyridine rings is 6. The van der Waals surface area contributed by atoms with Crippen LogP contribution in [0.3, 0.4) is 0 Å². The number of hydrogen-bond donors (Lipinski definition) is 1. The molecule has 0 fully saturated rings. The van der Waals surface area contributed by atoms with E-state index in [2.05, 4.69) is 34.9 Å². The molecule has 198 valence electrons. The summed E-state index contributed by atoms with van der Waals surface area (Å²) in [7, 11) is 1.90. The molecular formula is C31H20F2N8. The number of H-pyrrole nitrogens is 1. The zero-order valence-corrected chi connectivity index (χ0v) is 21.6. The maximum atomic E-state index is 13.5. The minimum atomic E-state index is -0.349. The average Bonchev–Trinajstić information content (AvgIpc) is 3.51. The van der Waals surface area contributed by atoms with Crippen LogP contribution in [0.15, 0.2) is 98.1 Å². The highest BCUT2D eigenvalue weighted by atomic mass is 19.1. The second-order valence-corrected chi connectivity index (χ2v) is 9.44. The number of fused-ring (bicyclic) bond motifs is 6. The highest BCUT2D eigenvalue weighted by Gasteiger charge is 2.12. The number of nitrogens with one attached hydrogen (secondary N) is 1. The molecule has 0 aromatic carbocycles. The quantitative estimate of drug-likeness (QED) is 0.263. The van der Waals surface area contributed by atoms with Crippen molar-refractivity contribution in [2.75, 3.05) is 0 Å². The van der Waals surface area contributed by atoms with E-state index in [-0.39, 0.29) is 11.6 Å². The van der Waals surface area contributed by atoms with Gasteiger partial charge in [0.1, 0.15) is 22.9 Å². The lowest BCUT2D eigenvalue weighted by molar-refractivity contribution is 0.623. The van der Waals surface area contributed by atoms with Crippen LogP contribution >= 0.6 is 0 Å². The van der Waals surface area contributed by atoms with Gasteiger partial charge in [0, 0.05) is 64.5 Å². The number of aryl methyl sites for hydroxylation is 1. The van der Waals surface area contributed by atoms with E-state index in [9.17, 15) is 8.78 Å². The molecule has 10 heteroatoms. The van der Waals surface area contributed by atoms with Gasteiger partial charge < -0.3 is 9.55 Å². The molecule has 0 saturated heterocycles. The highest BCUT2D eigenvalue weighted by molar-refractivity contribution is 6.07. The molecule has 0 radical (unpaired) electrons. The monoisotopic (exact) mass is 542 g/mol. The predicted molar refractivity (Wildman–Crippen MR) is 154 cm³/mol. The van der Waals surface area contributed by atoms with E-state index in [1.165, 1.54) is 24.5 Å². The van der Waals surface area contributed by atoms with Crippen molar-refractivity contribution in [1.29, 1.82) is 0 Å². The first-order valence-corrected chi connectivity index (χ1v) is 12.7. The van der Waals surface area contributed by atoms with Crippen LogP contribution in [0.2, 0.25) is 0 Å². The van der Waals surface area contributed by atoms with Gasteiger partial charge in [-0.2, -0.15) is 0 Å². The lowest BCUT2D eigenvalue weighted by atomic mass is 10.1. The molecule has 0 unspecified atom stereocenters. The lowest BCUT2D eigenvalue weighted by Gasteiger charge is -2.01. The van der Waals surface area contributed by atoms with Gasteiger partial charge in [0.2, 0.25) is 0 Å². The van der Waals surface area contributed by atoms with E-state index in [0.717, 1.165) is 60.7 Å². The fourth-order valence-corrected chi connectivity index (χ4v) is 4.94. The molecule has 0 aliphatic heterocycles. The van der Waals surface area contributed by atoms with Crippen molar-refractivity contribution in [3.8, 4) is 22.5 Å². The largest absolute Gasteiger partial charge is 0.338 e. The second-order valence-electron chi connectivity index (χ2n) is 9.44. The molecular weight excluding hydrogens is 522 g/mol. The van der Waals surface area contributed by atoms with Crippen molar-refractivity contribution in [1.82, 2.24) is 39.5 Å². The third kappa shape index (κ3) is 4.41. The Hall–Kier alpha value is -5.64. The average molecular weight is 543 g/mol. The summed E-state index contributed by atoms with van der Waals surface area (Å²) in [4.78, 5) is 28.4. The highest BCUT2D eigenvalue weighted by Crippen LogP contribution is 2.30. The Labute approximate surface area is 231 Å². The summed E-state index contributed by atoms with van der Waals surface area (Å²) in [5.74, 6) is -0.687. The van der Waals surface area contributed by atoms with Gasteiger partial charge in [-0.25, -0.2) is 18.7 Å². The standard InChI is InChI=1S/C16H11FN4.C15H9FN4/c1-21-15-9-19-14(10-3-2-4-18-7-10)6-12(15)13-5-11(17)8-20-16(13)21;16-10-4-12-11-5-13(9-2-1-3-17-6-9)18-8-14(11)20-15(12)19-7-10/h2-9H,1H3;1-8H,(H,19,20). The Bertz CT molecular complexity index is 2190. The first-order chi connectivity index (χ1) is 20.0. The SMILES string of the molecule is Cn1c2cnc(-c3cccnc3)cc2c2cc(F)cnc21.Fc1cnc2[nH]c3cnc(-c4cccnc4)cc3c2c1. The normalized spacial score (nSPS) is 11.3. The summed E-state index contributed by atoms with van der Waals surface area (Å²) in [5, 5.41) is 3.39. The van der Waals surface area contributed by atoms with E-state index >= 15 is 0 Å². The van der Waals surface area contributed by atoms with E-state index in [1.54, 1.807) is 37.2 Å². The summed E-state index contributed by atoms with van der Waals surface area (Å²) in [6, 6.07) is 14.5. The van der Waals surface area contributed by atoms with E-state index in [4.69, 9.17) is 0 Å². The number of aromatic amines is 1. The molecule has 0 bridgehead atoms. The molecule has 1 N–H and O–H groups in total. The third-order valence-electron chi connectivity index (χ3n) is 6.90. The fraction of sp³-hybridized carbons (Fsp3) is 0.0323. The molecule has 41 heavy (non-hydrogen) atoms. The van der Waals surface area contributed by atoms with Crippen molar-refractivity contribution in [3.05, 3.63) is 110 Å². The van der Waals surface area contributed by atoms with E-state index in [0.29, 0.717) is 5.65 Å². The van der Waals surface area contributed by atoms with Gasteiger partial charge in [0.25, 0.3) is 0 Å². The summed E-state index contributed by atoms with van der Waals surface area (Å²) >= 11 is 0. The number of aromatic nitrogens is 8. The van der Waals surface area contributed by atoms with Crippen LogP contribution in [-0.2, 0) is 7.05 Å². The lowest BCUT2D eigenvalue weighted by Crippen LogP contribution is -1.90. The summed E-state index contributed by atoms with van der Waals surface area (Å²) in [6.45, 7) is 0. The summed E-state index contributed by atoms with van der Waals surface area (Å²) in [5.41, 5.74) is 6.64. The second kappa shape index (κ2) is 9.83. The number of rotatable bonds is 2. The molecule has 8 rings (SSSR count). The van der Waals surface area contributed by atoms with Crippen molar-refractivity contribution in [2.24, 2.45) is 7.05 Å². The Kier molecular flexibility index (Phi) is 5.85. The molecule has 0 amide bonds. The van der Waals surface area contributed by atoms with Crippen molar-refractivity contribution >= 4 is 43.9 Å². The van der Waals surface area contributed by atoms with Crippen LogP contribution in [0.1, 0.15) is 0 Å². The molecule has 8 aromatic rings. The van der Waals surface area contributed by atoms with Gasteiger partial charge in [-0.1, -0.05) is 0 Å². The van der Waals surface area contributed by atoms with Gasteiger partial charge in [-0.15, -0.1) is 0 Å². The Morgan fingerprint density at radius 1 is 0.634 bits per heavy atom. The van der Waals surface area contributed by atoms with E-state index < -0.39 is 0 Å². The van der Waals surface area contributed by atoms with Gasteiger partial charge in [0.05, 0.1) is 47.2 Å². The Morgan fingerprint density at radius 2 is 1.27 bits per heavy atom. The van der Waals surface area contributed by atoms with Gasteiger partial charge in [-0.05, 0) is 48.5 Å². The minimum Gasteiger partial charge on any atom is -0.338 e. The molecule has 0 atom stereocenters. The van der Waals surface area contributed by atoms with Gasteiger partial charge in [-0.3, -0.25) is 19.9 Å². The first kappa shape index (κ1) is 24.4. The van der Waals surface area contributed by atoms with Crippen LogP contribution in [-0.4, -0.2) is 39.5 Å². The zero-order valence-electron chi connectivity index (χ0n) is 21.6. The van der Waals surface area contributed by atoms with Crippen LogP contribution < -0.4 is 0 Å². The molecule has 0 aliphatic carbocycles. The summed E-state index contributed by atoms with van der Waals surface area (Å²) in [6.07, 6.45) is 12.9. The van der Waals surface area contributed by atoms with Crippen molar-refractivity contribution in [3.63, 3.8) is 0 Å². The predicted octanol–water partition coefficient (Wildman–Crippen LogP) is 6.63. The molecule has 8 aromatic heterocycles. The first-order valence-electron chi connectivity index (χ1n) is 12.7.